The predicted molar refractivity (Wildman–Crippen MR) is 66.6 cm³/mol. The van der Waals surface area contributed by atoms with Crippen LogP contribution < -0.4 is 0 Å². The molecule has 1 radical (unpaired) electrons. The van der Waals surface area contributed by atoms with Crippen LogP contribution in [-0.2, 0) is 51.9 Å². The molecule has 2 N–H and O–H groups in total. The molecule has 0 aromatic heterocycles. The van der Waals surface area contributed by atoms with E-state index < -0.39 is 22.4 Å². The summed E-state index contributed by atoms with van der Waals surface area (Å²) < 4.78 is 0. The second-order valence-corrected chi connectivity index (χ2v) is 4.05. The van der Waals surface area contributed by atoms with Gasteiger partial charge >= 0.3 is 17.1 Å². The Morgan fingerprint density at radius 3 is 1.24 bits per heavy atom. The quantitative estimate of drug-likeness (QED) is 0.544. The van der Waals surface area contributed by atoms with E-state index in [0.29, 0.717) is 12.8 Å². The number of aliphatic hydroxyl groups is 2. The summed E-state index contributed by atoms with van der Waals surface area (Å²) in [6.07, 6.45) is 0.752. The largest absolute Gasteiger partial charge is 2.00 e. The van der Waals surface area contributed by atoms with Crippen molar-refractivity contribution in [1.29, 1.82) is 0 Å². The molecule has 105 valence electrons. The fraction of sp³-hybridized carbons (Fsp3) is 0.800. The van der Waals surface area contributed by atoms with Gasteiger partial charge in [-0.25, -0.2) is 0 Å². The Balaban J connectivity index is -0.000000218. The number of hydrogen-bond donors (Lipinski definition) is 2. The summed E-state index contributed by atoms with van der Waals surface area (Å²) in [6, 6.07) is 0. The maximum Gasteiger partial charge on any atom is 2.00 e. The topological polar surface area (TPSA) is 74.6 Å². The zero-order valence-corrected chi connectivity index (χ0v) is 12.4. The number of rotatable bonds is 6. The van der Waals surface area contributed by atoms with E-state index in [1.807, 2.05) is 13.8 Å². The van der Waals surface area contributed by atoms with Crippen LogP contribution in [0.2, 0.25) is 0 Å². The van der Waals surface area contributed by atoms with Crippen molar-refractivity contribution in [3.63, 3.8) is 0 Å². The second kappa shape index (κ2) is 14.3. The van der Waals surface area contributed by atoms with E-state index in [1.54, 1.807) is 0 Å². The molecule has 0 saturated heterocycles. The molecule has 0 aliphatic carbocycles. The number of carbonyl (C=O) groups excluding carboxylic acids is 2. The molecule has 0 aliphatic rings. The van der Waals surface area contributed by atoms with Crippen molar-refractivity contribution in [2.24, 2.45) is 0 Å². The molecule has 17 heavy (non-hydrogen) atoms. The Kier molecular flexibility index (Phi) is 18.8. The molecule has 0 aliphatic heterocycles. The average molecular weight is 330 g/mol. The minimum Gasteiger partial charge on any atom is -0.739 e. The first-order chi connectivity index (χ1) is 7.36. The van der Waals surface area contributed by atoms with E-state index in [2.05, 4.69) is 25.3 Å². The molecule has 0 saturated carbocycles. The van der Waals surface area contributed by atoms with Gasteiger partial charge in [0.05, 0.1) is 12.2 Å². The smallest absolute Gasteiger partial charge is 0.739 e. The molecule has 0 aromatic carbocycles. The second-order valence-electron chi connectivity index (χ2n) is 3.25. The number of carbonyl (C=O) groups is 2. The Morgan fingerprint density at radius 2 is 1.18 bits per heavy atom. The van der Waals surface area contributed by atoms with Crippen molar-refractivity contribution in [2.45, 2.75) is 51.7 Å². The third kappa shape index (κ3) is 16.2. The van der Waals surface area contributed by atoms with Gasteiger partial charge < -0.3 is 45.1 Å². The van der Waals surface area contributed by atoms with Crippen LogP contribution in [0.1, 0.15) is 39.5 Å². The van der Waals surface area contributed by atoms with E-state index >= 15 is 0 Å². The zero-order chi connectivity index (χ0) is 13.1. The standard InChI is InChI=1S/2C5H10O2S.Cu/c2*1-2-3-4(6)5(7)8;/h2*4,6H,2-3H2,1H3,(H,7,8);/q;;+2/p-2. The first kappa shape index (κ1) is 22.4. The first-order valence-corrected chi connectivity index (χ1v) is 5.96. The van der Waals surface area contributed by atoms with Crippen LogP contribution in [-0.4, -0.2) is 32.7 Å². The molecule has 0 aromatic rings. The maximum absolute atomic E-state index is 10.1. The van der Waals surface area contributed by atoms with Crippen molar-refractivity contribution in [1.82, 2.24) is 0 Å². The van der Waals surface area contributed by atoms with Gasteiger partial charge in [0.15, 0.2) is 0 Å². The van der Waals surface area contributed by atoms with E-state index in [-0.39, 0.29) is 17.1 Å². The van der Waals surface area contributed by atoms with Gasteiger partial charge in [-0.1, -0.05) is 26.7 Å². The van der Waals surface area contributed by atoms with Crippen LogP contribution in [0, 0.1) is 0 Å². The van der Waals surface area contributed by atoms with Crippen molar-refractivity contribution in [2.75, 3.05) is 0 Å². The molecule has 2 atom stereocenters. The Hall–Kier alpha value is 0.219. The third-order valence-corrected chi connectivity index (χ3v) is 2.21. The molecule has 4 nitrogen and oxygen atoms in total. The molecule has 0 spiro atoms. The molecule has 0 fully saturated rings. The monoisotopic (exact) mass is 329 g/mol. The van der Waals surface area contributed by atoms with Crippen LogP contribution in [0.4, 0.5) is 0 Å². The molecular weight excluding hydrogens is 312 g/mol. The fourth-order valence-corrected chi connectivity index (χ4v) is 1.02. The molecule has 0 rings (SSSR count). The van der Waals surface area contributed by atoms with E-state index in [9.17, 15) is 9.59 Å². The molecule has 0 heterocycles. The third-order valence-electron chi connectivity index (χ3n) is 1.67. The molecule has 0 bridgehead atoms. The van der Waals surface area contributed by atoms with Crippen LogP contribution in [0.5, 0.6) is 0 Å². The van der Waals surface area contributed by atoms with Crippen LogP contribution in [0.15, 0.2) is 0 Å². The zero-order valence-electron chi connectivity index (χ0n) is 9.81. The van der Waals surface area contributed by atoms with Crippen molar-refractivity contribution in [3.05, 3.63) is 0 Å². The van der Waals surface area contributed by atoms with Crippen molar-refractivity contribution >= 4 is 35.5 Å². The summed E-state index contributed by atoms with van der Waals surface area (Å²) in [5, 5.41) is 16.2. The van der Waals surface area contributed by atoms with Gasteiger partial charge in [-0.15, -0.1) is 0 Å². The Labute approximate surface area is 124 Å². The summed E-state index contributed by atoms with van der Waals surface area (Å²) in [6.45, 7) is 3.78. The van der Waals surface area contributed by atoms with E-state index in [0.717, 1.165) is 12.8 Å². The van der Waals surface area contributed by atoms with Gasteiger partial charge in [0, 0.05) is 10.2 Å². The minimum absolute atomic E-state index is 0. The Morgan fingerprint density at radius 1 is 0.941 bits per heavy atom. The van der Waals surface area contributed by atoms with Crippen LogP contribution in [0.3, 0.4) is 0 Å². The average Bonchev–Trinajstić information content (AvgIpc) is 2.19. The summed E-state index contributed by atoms with van der Waals surface area (Å²) in [4.78, 5) is 20.2. The van der Waals surface area contributed by atoms with Gasteiger partial charge in [-0.3, -0.25) is 0 Å². The van der Waals surface area contributed by atoms with Gasteiger partial charge in [-0.2, -0.15) is 0 Å². The van der Waals surface area contributed by atoms with Crippen LogP contribution in [0.25, 0.3) is 0 Å². The van der Waals surface area contributed by atoms with Gasteiger partial charge in [0.25, 0.3) is 0 Å². The van der Waals surface area contributed by atoms with Gasteiger partial charge in [0.1, 0.15) is 0 Å². The molecule has 2 unspecified atom stereocenters. The fourth-order valence-electron chi connectivity index (χ4n) is 0.783. The van der Waals surface area contributed by atoms with Gasteiger partial charge in [0.2, 0.25) is 0 Å². The molecule has 7 heteroatoms. The normalized spacial score (nSPS) is 12.5. The van der Waals surface area contributed by atoms with E-state index in [4.69, 9.17) is 10.2 Å². The number of aliphatic hydroxyl groups excluding tert-OH is 2. The maximum atomic E-state index is 10.1. The summed E-state index contributed by atoms with van der Waals surface area (Å²) in [5.74, 6) is 0. The molecular formula is C10H18CuO4S2. The summed E-state index contributed by atoms with van der Waals surface area (Å²) in [7, 11) is 0. The van der Waals surface area contributed by atoms with E-state index in [1.165, 1.54) is 0 Å². The SMILES string of the molecule is CCCC(O)C(=O)[S-].CCCC(O)C(=O)[S-].[Cu+2]. The van der Waals surface area contributed by atoms with Crippen LogP contribution >= 0.6 is 0 Å². The van der Waals surface area contributed by atoms with Crippen molar-refractivity contribution in [3.8, 4) is 0 Å². The minimum atomic E-state index is -0.907. The predicted octanol–water partition coefficient (Wildman–Crippen LogP) is 0.439. The summed E-state index contributed by atoms with van der Waals surface area (Å²) >= 11 is 8.36. The van der Waals surface area contributed by atoms with Crippen molar-refractivity contribution < 1.29 is 36.9 Å². The van der Waals surface area contributed by atoms with Gasteiger partial charge in [-0.05, 0) is 12.8 Å². The summed E-state index contributed by atoms with van der Waals surface area (Å²) in [5.41, 5.74) is 0. The molecule has 0 amide bonds. The number of hydrogen-bond acceptors (Lipinski definition) is 6. The Bertz CT molecular complexity index is 192. The first-order valence-electron chi connectivity index (χ1n) is 5.14.